The van der Waals surface area contributed by atoms with E-state index in [1.54, 1.807) is 24.3 Å². The number of nitrogen functional groups attached to an aromatic ring is 1. The Hall–Kier alpha value is -1.98. The molecule has 0 fully saturated rings. The molecule has 0 bridgehead atoms. The zero-order valence-corrected chi connectivity index (χ0v) is 8.07. The molecule has 1 aromatic carbocycles. The molecule has 16 heavy (non-hydrogen) atoms. The first-order chi connectivity index (χ1) is 7.48. The lowest BCUT2D eigenvalue weighted by molar-refractivity contribution is -0.137. The first-order valence-electron chi connectivity index (χ1n) is 4.45. The number of nitrogens with zero attached hydrogens (tertiary/aromatic N) is 2. The minimum absolute atomic E-state index is 0.374. The van der Waals surface area contributed by atoms with Gasteiger partial charge in [-0.15, -0.1) is 0 Å². The molecule has 0 unspecified atom stereocenters. The molecule has 84 valence electrons. The zero-order chi connectivity index (χ0) is 11.8. The van der Waals surface area contributed by atoms with E-state index in [2.05, 4.69) is 5.10 Å². The van der Waals surface area contributed by atoms with Gasteiger partial charge in [-0.25, -0.2) is 4.68 Å². The molecule has 0 atom stereocenters. The van der Waals surface area contributed by atoms with Crippen molar-refractivity contribution >= 4 is 5.69 Å². The normalized spacial score (nSPS) is 11.7. The first kappa shape index (κ1) is 10.5. The molecule has 1 heterocycles. The fourth-order valence-electron chi connectivity index (χ4n) is 1.30. The van der Waals surface area contributed by atoms with Gasteiger partial charge in [-0.3, -0.25) is 0 Å². The minimum atomic E-state index is -4.39. The number of halogens is 3. The number of para-hydroxylation sites is 2. The number of hydrogen-bond donors (Lipinski definition) is 1. The zero-order valence-electron chi connectivity index (χ0n) is 8.07. The summed E-state index contributed by atoms with van der Waals surface area (Å²) in [4.78, 5) is 0. The van der Waals surface area contributed by atoms with Gasteiger partial charge in [0.2, 0.25) is 0 Å². The predicted octanol–water partition coefficient (Wildman–Crippen LogP) is 2.47. The largest absolute Gasteiger partial charge is 0.419 e. The lowest BCUT2D eigenvalue weighted by atomic mass is 10.3. The van der Waals surface area contributed by atoms with Gasteiger partial charge in [0.25, 0.3) is 0 Å². The van der Waals surface area contributed by atoms with Crippen LogP contribution in [0, 0.1) is 0 Å². The molecule has 1 aromatic heterocycles. The third-order valence-corrected chi connectivity index (χ3v) is 2.09. The SMILES string of the molecule is Nc1ccccc1-n1cc(C(F)(F)F)cn1. The molecule has 2 aromatic rings. The Bertz CT molecular complexity index is 502. The summed E-state index contributed by atoms with van der Waals surface area (Å²) in [7, 11) is 0. The molecular weight excluding hydrogens is 219 g/mol. The number of hydrogen-bond acceptors (Lipinski definition) is 2. The fraction of sp³-hybridized carbons (Fsp3) is 0.100. The van der Waals surface area contributed by atoms with Crippen molar-refractivity contribution in [2.45, 2.75) is 6.18 Å². The molecule has 0 saturated carbocycles. The maximum Gasteiger partial charge on any atom is 0.419 e. The van der Waals surface area contributed by atoms with E-state index in [0.717, 1.165) is 17.1 Å². The van der Waals surface area contributed by atoms with Gasteiger partial charge in [-0.2, -0.15) is 18.3 Å². The third-order valence-electron chi connectivity index (χ3n) is 2.09. The highest BCUT2D eigenvalue weighted by Crippen LogP contribution is 2.29. The van der Waals surface area contributed by atoms with Crippen molar-refractivity contribution in [3.8, 4) is 5.69 Å². The summed E-state index contributed by atoms with van der Waals surface area (Å²) in [6.45, 7) is 0. The highest BCUT2D eigenvalue weighted by Gasteiger charge is 2.32. The number of benzene rings is 1. The van der Waals surface area contributed by atoms with Gasteiger partial charge in [-0.1, -0.05) is 12.1 Å². The predicted molar refractivity (Wildman–Crippen MR) is 53.0 cm³/mol. The van der Waals surface area contributed by atoms with Crippen molar-refractivity contribution in [1.82, 2.24) is 9.78 Å². The van der Waals surface area contributed by atoms with Crippen LogP contribution in [0.25, 0.3) is 5.69 Å². The van der Waals surface area contributed by atoms with Gasteiger partial charge in [0.15, 0.2) is 0 Å². The van der Waals surface area contributed by atoms with Crippen molar-refractivity contribution in [2.24, 2.45) is 0 Å². The van der Waals surface area contributed by atoms with E-state index < -0.39 is 11.7 Å². The van der Waals surface area contributed by atoms with Crippen LogP contribution in [0.1, 0.15) is 5.56 Å². The summed E-state index contributed by atoms with van der Waals surface area (Å²) in [6.07, 6.45) is -2.71. The van der Waals surface area contributed by atoms with E-state index in [0.29, 0.717) is 11.4 Å². The smallest absolute Gasteiger partial charge is 0.397 e. The summed E-state index contributed by atoms with van der Waals surface area (Å²) >= 11 is 0. The van der Waals surface area contributed by atoms with Crippen LogP contribution >= 0.6 is 0 Å². The Kier molecular flexibility index (Phi) is 2.34. The van der Waals surface area contributed by atoms with Crippen LogP contribution in [-0.4, -0.2) is 9.78 Å². The standard InChI is InChI=1S/C10H8F3N3/c11-10(12,13)7-5-15-16(6-7)9-4-2-1-3-8(9)14/h1-6H,14H2. The molecule has 0 aliphatic carbocycles. The van der Waals surface area contributed by atoms with Crippen molar-refractivity contribution < 1.29 is 13.2 Å². The maximum absolute atomic E-state index is 12.3. The highest BCUT2D eigenvalue weighted by molar-refractivity contribution is 5.56. The molecule has 0 aliphatic heterocycles. The summed E-state index contributed by atoms with van der Waals surface area (Å²) in [6, 6.07) is 6.58. The molecular formula is C10H8F3N3. The van der Waals surface area contributed by atoms with Crippen molar-refractivity contribution in [1.29, 1.82) is 0 Å². The van der Waals surface area contributed by atoms with Crippen molar-refractivity contribution in [2.75, 3.05) is 5.73 Å². The van der Waals surface area contributed by atoms with Gasteiger partial charge in [0.1, 0.15) is 0 Å². The van der Waals surface area contributed by atoms with E-state index in [4.69, 9.17) is 5.73 Å². The van der Waals surface area contributed by atoms with Crippen molar-refractivity contribution in [3.05, 3.63) is 42.2 Å². The van der Waals surface area contributed by atoms with Crippen LogP contribution in [0.4, 0.5) is 18.9 Å². The van der Waals surface area contributed by atoms with Gasteiger partial charge < -0.3 is 5.73 Å². The number of nitrogens with two attached hydrogens (primary N) is 1. The van der Waals surface area contributed by atoms with Gasteiger partial charge in [0.05, 0.1) is 23.1 Å². The van der Waals surface area contributed by atoms with E-state index >= 15 is 0 Å². The monoisotopic (exact) mass is 227 g/mol. The second-order valence-electron chi connectivity index (χ2n) is 3.23. The van der Waals surface area contributed by atoms with E-state index in [-0.39, 0.29) is 0 Å². The maximum atomic E-state index is 12.3. The van der Waals surface area contributed by atoms with E-state index in [9.17, 15) is 13.2 Å². The van der Waals surface area contributed by atoms with Gasteiger partial charge in [0, 0.05) is 6.20 Å². The Labute approximate surface area is 89.3 Å². The van der Waals surface area contributed by atoms with E-state index in [1.807, 2.05) is 0 Å². The number of rotatable bonds is 1. The van der Waals surface area contributed by atoms with E-state index in [1.165, 1.54) is 0 Å². The average molecular weight is 227 g/mol. The molecule has 0 aliphatic rings. The number of aromatic nitrogens is 2. The molecule has 0 amide bonds. The third kappa shape index (κ3) is 1.86. The fourth-order valence-corrected chi connectivity index (χ4v) is 1.30. The second-order valence-corrected chi connectivity index (χ2v) is 3.23. The van der Waals surface area contributed by atoms with Gasteiger partial charge in [-0.05, 0) is 12.1 Å². The molecule has 6 heteroatoms. The quantitative estimate of drug-likeness (QED) is 0.760. The Morgan fingerprint density at radius 1 is 1.19 bits per heavy atom. The number of anilines is 1. The molecule has 2 N–H and O–H groups in total. The average Bonchev–Trinajstić information content (AvgIpc) is 2.66. The Balaban J connectivity index is 2.44. The summed E-state index contributed by atoms with van der Waals surface area (Å²) in [5.41, 5.74) is 5.64. The first-order valence-corrected chi connectivity index (χ1v) is 4.45. The van der Waals surface area contributed by atoms with Crippen LogP contribution in [0.2, 0.25) is 0 Å². The summed E-state index contributed by atoms with van der Waals surface area (Å²) < 4.78 is 38.1. The molecule has 3 nitrogen and oxygen atoms in total. The highest BCUT2D eigenvalue weighted by atomic mass is 19.4. The lowest BCUT2D eigenvalue weighted by Gasteiger charge is -2.04. The van der Waals surface area contributed by atoms with Crippen LogP contribution in [0.5, 0.6) is 0 Å². The summed E-state index contributed by atoms with van der Waals surface area (Å²) in [5.74, 6) is 0. The molecule has 2 rings (SSSR count). The number of alkyl halides is 3. The second kappa shape index (κ2) is 3.55. The van der Waals surface area contributed by atoms with Crippen LogP contribution < -0.4 is 5.73 Å². The Morgan fingerprint density at radius 3 is 2.44 bits per heavy atom. The molecule has 0 spiro atoms. The van der Waals surface area contributed by atoms with Crippen molar-refractivity contribution in [3.63, 3.8) is 0 Å². The van der Waals surface area contributed by atoms with Crippen LogP contribution in [0.3, 0.4) is 0 Å². The lowest BCUT2D eigenvalue weighted by Crippen LogP contribution is -2.03. The molecule has 0 radical (unpaired) electrons. The molecule has 0 saturated heterocycles. The summed E-state index contributed by atoms with van der Waals surface area (Å²) in [5, 5.41) is 3.63. The Morgan fingerprint density at radius 2 is 1.88 bits per heavy atom. The van der Waals surface area contributed by atoms with Gasteiger partial charge >= 0.3 is 6.18 Å². The minimum Gasteiger partial charge on any atom is -0.397 e. The topological polar surface area (TPSA) is 43.8 Å². The van der Waals surface area contributed by atoms with Crippen LogP contribution in [-0.2, 0) is 6.18 Å². The van der Waals surface area contributed by atoms with Crippen LogP contribution in [0.15, 0.2) is 36.7 Å².